The highest BCUT2D eigenvalue weighted by Crippen LogP contribution is 2.40. The zero-order valence-corrected chi connectivity index (χ0v) is 23.9. The number of hydrogen-bond donors (Lipinski definition) is 1. The highest BCUT2D eigenvalue weighted by atomic mass is 127. The van der Waals surface area contributed by atoms with Crippen molar-refractivity contribution in [2.24, 2.45) is 4.99 Å². The van der Waals surface area contributed by atoms with Crippen LogP contribution in [0.4, 0.5) is 24.5 Å². The number of ether oxygens (including phenoxy) is 1. The van der Waals surface area contributed by atoms with E-state index in [1.54, 1.807) is 24.3 Å². The van der Waals surface area contributed by atoms with Crippen molar-refractivity contribution in [3.05, 3.63) is 87.1 Å². The first-order valence-electron chi connectivity index (χ1n) is 11.7. The summed E-state index contributed by atoms with van der Waals surface area (Å²) >= 11 is 3.38. The third-order valence-corrected chi connectivity index (χ3v) is 7.87. The van der Waals surface area contributed by atoms with Gasteiger partial charge >= 0.3 is 5.97 Å². The summed E-state index contributed by atoms with van der Waals surface area (Å²) in [7, 11) is 1.31. The number of aryl methyl sites for hydroxylation is 1. The summed E-state index contributed by atoms with van der Waals surface area (Å²) < 4.78 is 53.9. The minimum atomic E-state index is -1.04. The van der Waals surface area contributed by atoms with Crippen molar-refractivity contribution in [3.63, 3.8) is 0 Å². The standard InChI is InChI=1S/C26H21F3IN5O3S/c1-12-20(11-38-30)39-26-22(12)23(32-19(10-21(36)37-3)25-34-33-13(2)35(25)26)14-4-6-16(7-5-14)31-24-17(28)8-15(27)9-18(24)29/h4-9,19,31H,10-11H2,1-3H3/t19-/m0/s1. The molecular formula is C26H21F3IN5O3S. The van der Waals surface area contributed by atoms with Gasteiger partial charge in [0.25, 0.3) is 0 Å². The van der Waals surface area contributed by atoms with Crippen LogP contribution in [0.3, 0.4) is 0 Å². The van der Waals surface area contributed by atoms with Gasteiger partial charge in [-0.2, -0.15) is 0 Å². The minimum absolute atomic E-state index is 0.0431. The van der Waals surface area contributed by atoms with E-state index in [2.05, 4.69) is 15.5 Å². The first-order chi connectivity index (χ1) is 18.7. The minimum Gasteiger partial charge on any atom is -0.469 e. The lowest BCUT2D eigenvalue weighted by Gasteiger charge is -2.13. The number of aromatic nitrogens is 3. The van der Waals surface area contributed by atoms with Crippen LogP contribution in [0, 0.1) is 31.3 Å². The van der Waals surface area contributed by atoms with Crippen molar-refractivity contribution >= 4 is 57.4 Å². The Balaban J connectivity index is 1.62. The molecular weight excluding hydrogens is 646 g/mol. The number of methoxy groups -OCH3 is 1. The Hall–Kier alpha value is -3.30. The van der Waals surface area contributed by atoms with Gasteiger partial charge in [-0.15, -0.1) is 21.5 Å². The number of carbonyl (C=O) groups excluding carboxylic acids is 1. The molecule has 2 aromatic carbocycles. The molecule has 8 nitrogen and oxygen atoms in total. The van der Waals surface area contributed by atoms with Crippen molar-refractivity contribution in [1.29, 1.82) is 0 Å². The normalized spacial score (nSPS) is 14.3. The van der Waals surface area contributed by atoms with Crippen LogP contribution in [0.25, 0.3) is 5.00 Å². The van der Waals surface area contributed by atoms with Gasteiger partial charge in [-0.3, -0.25) is 14.4 Å². The number of hydrogen-bond acceptors (Lipinski definition) is 8. The Morgan fingerprint density at radius 3 is 2.46 bits per heavy atom. The molecule has 0 amide bonds. The van der Waals surface area contributed by atoms with E-state index in [4.69, 9.17) is 12.8 Å². The number of carbonyl (C=O) groups is 1. The molecule has 202 valence electrons. The molecule has 5 rings (SSSR count). The monoisotopic (exact) mass is 667 g/mol. The van der Waals surface area contributed by atoms with E-state index in [1.807, 2.05) is 41.4 Å². The number of rotatable bonds is 7. The number of esters is 1. The summed E-state index contributed by atoms with van der Waals surface area (Å²) in [6.45, 7) is 4.20. The summed E-state index contributed by atoms with van der Waals surface area (Å²) in [5.41, 5.74) is 3.05. The van der Waals surface area contributed by atoms with Crippen LogP contribution in [-0.2, 0) is 19.2 Å². The fourth-order valence-corrected chi connectivity index (χ4v) is 6.20. The molecule has 1 aliphatic heterocycles. The SMILES string of the molecule is COC(=O)C[C@@H]1N=C(c2ccc(Nc3c(F)cc(F)cc3F)cc2)c2c(sc(COI)c2C)-n2c(C)nnc21. The van der Waals surface area contributed by atoms with Gasteiger partial charge < -0.3 is 13.1 Å². The van der Waals surface area contributed by atoms with Gasteiger partial charge in [0.15, 0.2) is 17.5 Å². The Morgan fingerprint density at radius 1 is 1.13 bits per heavy atom. The van der Waals surface area contributed by atoms with E-state index in [9.17, 15) is 18.0 Å². The van der Waals surface area contributed by atoms with E-state index in [0.717, 1.165) is 21.0 Å². The van der Waals surface area contributed by atoms with Gasteiger partial charge in [-0.1, -0.05) is 12.1 Å². The molecule has 3 heterocycles. The molecule has 1 aliphatic rings. The Labute approximate surface area is 239 Å². The number of nitrogens with one attached hydrogen (secondary N) is 1. The largest absolute Gasteiger partial charge is 0.469 e. The molecule has 0 spiro atoms. The third kappa shape index (κ3) is 5.17. The average molecular weight is 667 g/mol. The van der Waals surface area contributed by atoms with Gasteiger partial charge in [0.05, 0.1) is 25.8 Å². The molecule has 0 fully saturated rings. The zero-order chi connectivity index (χ0) is 27.8. The van der Waals surface area contributed by atoms with E-state index in [-0.39, 0.29) is 6.42 Å². The molecule has 0 unspecified atom stereocenters. The Kier molecular flexibility index (Phi) is 7.73. The Morgan fingerprint density at radius 2 is 1.82 bits per heavy atom. The number of halogens is 4. The predicted octanol–water partition coefficient (Wildman–Crippen LogP) is 6.43. The van der Waals surface area contributed by atoms with E-state index < -0.39 is 35.2 Å². The molecule has 1 N–H and O–H groups in total. The topological polar surface area (TPSA) is 90.6 Å². The lowest BCUT2D eigenvalue weighted by Crippen LogP contribution is -2.12. The van der Waals surface area contributed by atoms with Crippen molar-refractivity contribution < 1.29 is 25.8 Å². The lowest BCUT2D eigenvalue weighted by atomic mass is 9.99. The van der Waals surface area contributed by atoms with Gasteiger partial charge in [-0.05, 0) is 31.5 Å². The summed E-state index contributed by atoms with van der Waals surface area (Å²) in [6.07, 6.45) is -0.0431. The Bertz CT molecular complexity index is 1580. The molecule has 39 heavy (non-hydrogen) atoms. The van der Waals surface area contributed by atoms with E-state index in [1.165, 1.54) is 18.4 Å². The second-order valence-corrected chi connectivity index (χ2v) is 10.5. The number of nitrogens with zero attached hydrogens (tertiary/aromatic N) is 4. The maximum atomic E-state index is 14.2. The molecule has 0 saturated heterocycles. The maximum Gasteiger partial charge on any atom is 0.308 e. The van der Waals surface area contributed by atoms with E-state index >= 15 is 0 Å². The van der Waals surface area contributed by atoms with Crippen LogP contribution >= 0.6 is 34.3 Å². The molecule has 0 aliphatic carbocycles. The van der Waals surface area contributed by atoms with Gasteiger partial charge in [0.2, 0.25) is 0 Å². The fraction of sp³-hybridized carbons (Fsp3) is 0.231. The average Bonchev–Trinajstić information content (AvgIpc) is 3.39. The smallest absolute Gasteiger partial charge is 0.308 e. The number of fused-ring (bicyclic) bond motifs is 3. The van der Waals surface area contributed by atoms with Crippen LogP contribution in [0.15, 0.2) is 41.4 Å². The summed E-state index contributed by atoms with van der Waals surface area (Å²) in [6, 6.07) is 7.34. The van der Waals surface area contributed by atoms with Crippen molar-refractivity contribution in [2.45, 2.75) is 32.9 Å². The van der Waals surface area contributed by atoms with E-state index in [0.29, 0.717) is 47.4 Å². The van der Waals surface area contributed by atoms with Crippen LogP contribution in [-0.4, -0.2) is 33.6 Å². The maximum absolute atomic E-state index is 14.2. The zero-order valence-electron chi connectivity index (χ0n) is 20.9. The fourth-order valence-electron chi connectivity index (χ4n) is 4.41. The van der Waals surface area contributed by atoms with Gasteiger partial charge in [0.1, 0.15) is 51.4 Å². The lowest BCUT2D eigenvalue weighted by molar-refractivity contribution is -0.141. The first kappa shape index (κ1) is 27.3. The molecule has 1 atom stereocenters. The second-order valence-electron chi connectivity index (χ2n) is 8.75. The van der Waals surface area contributed by atoms with Crippen LogP contribution < -0.4 is 5.32 Å². The molecule has 0 radical (unpaired) electrons. The summed E-state index contributed by atoms with van der Waals surface area (Å²) in [5, 5.41) is 12.1. The number of benzene rings is 2. The van der Waals surface area contributed by atoms with Crippen molar-refractivity contribution in [3.8, 4) is 5.00 Å². The van der Waals surface area contributed by atoms with Crippen LogP contribution in [0.2, 0.25) is 0 Å². The highest BCUT2D eigenvalue weighted by molar-refractivity contribution is 14.1. The van der Waals surface area contributed by atoms with Crippen LogP contribution in [0.1, 0.15) is 45.7 Å². The number of anilines is 2. The molecule has 4 aromatic rings. The quantitative estimate of drug-likeness (QED) is 0.181. The molecule has 2 aromatic heterocycles. The third-order valence-electron chi connectivity index (χ3n) is 6.31. The predicted molar refractivity (Wildman–Crippen MR) is 149 cm³/mol. The number of aliphatic imine (C=N–C) groups is 1. The summed E-state index contributed by atoms with van der Waals surface area (Å²) in [5.74, 6) is -2.38. The van der Waals surface area contributed by atoms with Crippen molar-refractivity contribution in [2.75, 3.05) is 12.4 Å². The van der Waals surface area contributed by atoms with Crippen molar-refractivity contribution in [1.82, 2.24) is 14.8 Å². The van der Waals surface area contributed by atoms with Gasteiger partial charge in [-0.25, -0.2) is 13.2 Å². The highest BCUT2D eigenvalue weighted by Gasteiger charge is 2.33. The van der Waals surface area contributed by atoms with Crippen LogP contribution in [0.5, 0.6) is 0 Å². The molecule has 13 heteroatoms. The first-order valence-corrected chi connectivity index (χ1v) is 13.4. The molecule has 0 bridgehead atoms. The number of thiophene rings is 1. The summed E-state index contributed by atoms with van der Waals surface area (Å²) in [4.78, 5) is 18.3. The second kappa shape index (κ2) is 11.1. The van der Waals surface area contributed by atoms with Gasteiger partial charge in [0, 0.05) is 33.8 Å². The molecule has 0 saturated carbocycles.